The van der Waals surface area contributed by atoms with Crippen molar-refractivity contribution in [3.63, 3.8) is 0 Å². The standard InChI is InChI=1S/C12H13N5O3/c1-7-11(14-12(19)17-15-7)16-13-6-8-3-4-9(18)10(5-8)20-2/h3-5,18H,6H2,1-2H3,(H,14,17,19). The molecule has 0 saturated heterocycles. The summed E-state index contributed by atoms with van der Waals surface area (Å²) in [5.74, 6) is 0.605. The van der Waals surface area contributed by atoms with Crippen LogP contribution in [0.3, 0.4) is 0 Å². The number of benzene rings is 1. The van der Waals surface area contributed by atoms with E-state index >= 15 is 0 Å². The molecule has 2 N–H and O–H groups in total. The van der Waals surface area contributed by atoms with Gasteiger partial charge >= 0.3 is 5.69 Å². The zero-order chi connectivity index (χ0) is 14.5. The van der Waals surface area contributed by atoms with Gasteiger partial charge in [0.15, 0.2) is 11.5 Å². The molecule has 0 unspecified atom stereocenters. The first-order valence-corrected chi connectivity index (χ1v) is 5.77. The second-order valence-electron chi connectivity index (χ2n) is 3.96. The zero-order valence-electron chi connectivity index (χ0n) is 11.0. The predicted octanol–water partition coefficient (Wildman–Crippen LogP) is 1.47. The van der Waals surface area contributed by atoms with Crippen LogP contribution >= 0.6 is 0 Å². The number of phenols is 1. The Bertz CT molecular complexity index is 696. The number of aryl methyl sites for hydroxylation is 1. The number of rotatable bonds is 4. The number of azo groups is 1. The molecule has 1 heterocycles. The summed E-state index contributed by atoms with van der Waals surface area (Å²) in [6, 6.07) is 4.87. The Labute approximate surface area is 114 Å². The quantitative estimate of drug-likeness (QED) is 0.820. The van der Waals surface area contributed by atoms with Crippen molar-refractivity contribution in [2.75, 3.05) is 7.11 Å². The molecule has 0 amide bonds. The number of aromatic amines is 1. The van der Waals surface area contributed by atoms with Crippen LogP contribution in [-0.4, -0.2) is 27.4 Å². The topological polar surface area (TPSA) is 113 Å². The zero-order valence-corrected chi connectivity index (χ0v) is 11.0. The van der Waals surface area contributed by atoms with Crippen molar-refractivity contribution in [1.82, 2.24) is 15.2 Å². The van der Waals surface area contributed by atoms with E-state index in [4.69, 9.17) is 4.74 Å². The highest BCUT2D eigenvalue weighted by Crippen LogP contribution is 2.26. The minimum Gasteiger partial charge on any atom is -0.504 e. The number of methoxy groups -OCH3 is 1. The first kappa shape index (κ1) is 13.7. The summed E-state index contributed by atoms with van der Waals surface area (Å²) in [4.78, 5) is 14.7. The molecule has 104 valence electrons. The van der Waals surface area contributed by atoms with E-state index in [0.29, 0.717) is 11.4 Å². The summed E-state index contributed by atoms with van der Waals surface area (Å²) in [5.41, 5.74) is 0.714. The second kappa shape index (κ2) is 5.91. The molecular formula is C12H13N5O3. The summed E-state index contributed by atoms with van der Waals surface area (Å²) in [6.07, 6.45) is 0. The number of hydrogen-bond acceptors (Lipinski definition) is 7. The maximum Gasteiger partial charge on any atom is 0.363 e. The molecule has 0 aliphatic heterocycles. The normalized spacial score (nSPS) is 10.9. The van der Waals surface area contributed by atoms with Gasteiger partial charge in [0, 0.05) is 0 Å². The third-order valence-electron chi connectivity index (χ3n) is 2.51. The average molecular weight is 275 g/mol. The van der Waals surface area contributed by atoms with Gasteiger partial charge in [0.2, 0.25) is 5.82 Å². The van der Waals surface area contributed by atoms with Gasteiger partial charge in [-0.25, -0.2) is 9.89 Å². The Balaban J connectivity index is 2.14. The number of H-pyrrole nitrogens is 1. The highest BCUT2D eigenvalue weighted by Gasteiger charge is 2.03. The Kier molecular flexibility index (Phi) is 4.04. The van der Waals surface area contributed by atoms with Gasteiger partial charge in [-0.15, -0.1) is 5.11 Å². The molecule has 0 aliphatic carbocycles. The van der Waals surface area contributed by atoms with Crippen LogP contribution in [0.5, 0.6) is 11.5 Å². The first-order chi connectivity index (χ1) is 9.60. The molecule has 1 aromatic carbocycles. The molecule has 0 fully saturated rings. The predicted molar refractivity (Wildman–Crippen MR) is 70.3 cm³/mol. The van der Waals surface area contributed by atoms with Crippen LogP contribution in [0.2, 0.25) is 0 Å². The van der Waals surface area contributed by atoms with Crippen molar-refractivity contribution in [3.05, 3.63) is 39.9 Å². The molecule has 8 heteroatoms. The fourth-order valence-corrected chi connectivity index (χ4v) is 1.48. The molecule has 8 nitrogen and oxygen atoms in total. The second-order valence-corrected chi connectivity index (χ2v) is 3.96. The van der Waals surface area contributed by atoms with Gasteiger partial charge in [-0.2, -0.15) is 15.2 Å². The van der Waals surface area contributed by atoms with Gasteiger partial charge in [-0.1, -0.05) is 6.07 Å². The molecule has 0 spiro atoms. The van der Waals surface area contributed by atoms with Gasteiger partial charge in [0.05, 0.1) is 13.7 Å². The van der Waals surface area contributed by atoms with Gasteiger partial charge in [0.25, 0.3) is 0 Å². The van der Waals surface area contributed by atoms with Crippen LogP contribution in [0, 0.1) is 6.92 Å². The smallest absolute Gasteiger partial charge is 0.363 e. The number of phenolic OH excluding ortho intramolecular Hbond substituents is 1. The van der Waals surface area contributed by atoms with Crippen LogP contribution in [0.25, 0.3) is 0 Å². The average Bonchev–Trinajstić information content (AvgIpc) is 2.44. The van der Waals surface area contributed by atoms with Gasteiger partial charge in [-0.3, -0.25) is 0 Å². The third-order valence-corrected chi connectivity index (χ3v) is 2.51. The van der Waals surface area contributed by atoms with Crippen molar-refractivity contribution in [1.29, 1.82) is 0 Å². The lowest BCUT2D eigenvalue weighted by molar-refractivity contribution is 0.373. The number of aromatic hydroxyl groups is 1. The largest absolute Gasteiger partial charge is 0.504 e. The molecule has 2 rings (SSSR count). The maximum absolute atomic E-state index is 11.0. The van der Waals surface area contributed by atoms with E-state index in [1.165, 1.54) is 13.2 Å². The SMILES string of the molecule is COc1cc(CN=Nc2nc(=O)[nH]nc2C)ccc1O. The number of aromatic nitrogens is 3. The fourth-order valence-electron chi connectivity index (χ4n) is 1.48. The summed E-state index contributed by atoms with van der Waals surface area (Å²) < 4.78 is 5.00. The molecule has 1 aromatic heterocycles. The first-order valence-electron chi connectivity index (χ1n) is 5.77. The molecule has 20 heavy (non-hydrogen) atoms. The van der Waals surface area contributed by atoms with Crippen LogP contribution < -0.4 is 10.4 Å². The number of nitrogens with one attached hydrogen (secondary N) is 1. The van der Waals surface area contributed by atoms with Crippen molar-refractivity contribution < 1.29 is 9.84 Å². The van der Waals surface area contributed by atoms with Crippen LogP contribution in [0.4, 0.5) is 5.82 Å². The molecule has 0 radical (unpaired) electrons. The molecule has 0 saturated carbocycles. The van der Waals surface area contributed by atoms with Gasteiger partial charge in [-0.05, 0) is 24.6 Å². The van der Waals surface area contributed by atoms with Crippen molar-refractivity contribution >= 4 is 5.82 Å². The van der Waals surface area contributed by atoms with E-state index in [1.54, 1.807) is 19.1 Å². The molecule has 2 aromatic rings. The summed E-state index contributed by atoms with van der Waals surface area (Å²) in [7, 11) is 1.47. The van der Waals surface area contributed by atoms with E-state index in [9.17, 15) is 9.90 Å². The molecular weight excluding hydrogens is 262 g/mol. The molecule has 0 atom stereocenters. The Morgan fingerprint density at radius 1 is 1.45 bits per heavy atom. The van der Waals surface area contributed by atoms with Gasteiger partial charge in [0.1, 0.15) is 5.69 Å². The Hall–Kier alpha value is -2.77. The number of hydrogen-bond donors (Lipinski definition) is 2. The summed E-state index contributed by atoms with van der Waals surface area (Å²) in [5, 5.41) is 23.2. The van der Waals surface area contributed by atoms with Crippen molar-refractivity contribution in [3.8, 4) is 11.5 Å². The fraction of sp³-hybridized carbons (Fsp3) is 0.250. The monoisotopic (exact) mass is 275 g/mol. The van der Waals surface area contributed by atoms with E-state index in [0.717, 1.165) is 5.56 Å². The highest BCUT2D eigenvalue weighted by atomic mass is 16.5. The van der Waals surface area contributed by atoms with E-state index in [1.807, 2.05) is 0 Å². The van der Waals surface area contributed by atoms with Crippen molar-refractivity contribution in [2.45, 2.75) is 13.5 Å². The van der Waals surface area contributed by atoms with E-state index < -0.39 is 5.69 Å². The van der Waals surface area contributed by atoms with Crippen LogP contribution in [-0.2, 0) is 6.54 Å². The van der Waals surface area contributed by atoms with Gasteiger partial charge < -0.3 is 9.84 Å². The minimum absolute atomic E-state index is 0.0597. The number of ether oxygens (including phenoxy) is 1. The Morgan fingerprint density at radius 2 is 2.25 bits per heavy atom. The molecule has 0 bridgehead atoms. The highest BCUT2D eigenvalue weighted by molar-refractivity contribution is 5.41. The lowest BCUT2D eigenvalue weighted by Crippen LogP contribution is -2.12. The Morgan fingerprint density at radius 3 is 3.00 bits per heavy atom. The third kappa shape index (κ3) is 3.16. The van der Waals surface area contributed by atoms with Crippen LogP contribution in [0.1, 0.15) is 11.3 Å². The summed E-state index contributed by atoms with van der Waals surface area (Å²) in [6.45, 7) is 1.94. The lowest BCUT2D eigenvalue weighted by Gasteiger charge is -2.04. The molecule has 0 aliphatic rings. The number of nitrogens with zero attached hydrogens (tertiary/aromatic N) is 4. The lowest BCUT2D eigenvalue weighted by atomic mass is 10.2. The van der Waals surface area contributed by atoms with E-state index in [-0.39, 0.29) is 18.1 Å². The minimum atomic E-state index is -0.573. The van der Waals surface area contributed by atoms with E-state index in [2.05, 4.69) is 25.4 Å². The van der Waals surface area contributed by atoms with Crippen molar-refractivity contribution in [2.24, 2.45) is 10.2 Å². The van der Waals surface area contributed by atoms with Crippen LogP contribution in [0.15, 0.2) is 33.2 Å². The summed E-state index contributed by atoms with van der Waals surface area (Å²) >= 11 is 0. The maximum atomic E-state index is 11.0.